The number of amides is 3. The molecule has 0 unspecified atom stereocenters. The fraction of sp³-hybridized carbons (Fsp3) is 0.421. The number of hydrogen-bond acceptors (Lipinski definition) is 3. The lowest BCUT2D eigenvalue weighted by Crippen LogP contribution is -2.32. The first-order valence-corrected chi connectivity index (χ1v) is 8.43. The second-order valence-corrected chi connectivity index (χ2v) is 6.51. The van der Waals surface area contributed by atoms with Crippen LogP contribution in [0.4, 0.5) is 5.69 Å². The fourth-order valence-corrected chi connectivity index (χ4v) is 3.43. The van der Waals surface area contributed by atoms with Crippen LogP contribution >= 0.6 is 0 Å². The molecule has 0 aromatic heterocycles. The van der Waals surface area contributed by atoms with Crippen molar-refractivity contribution in [3.63, 3.8) is 0 Å². The molecule has 0 saturated carbocycles. The van der Waals surface area contributed by atoms with Crippen molar-refractivity contribution >= 4 is 23.4 Å². The van der Waals surface area contributed by atoms with E-state index >= 15 is 0 Å². The van der Waals surface area contributed by atoms with Gasteiger partial charge in [-0.2, -0.15) is 0 Å². The van der Waals surface area contributed by atoms with Crippen LogP contribution in [0.15, 0.2) is 36.4 Å². The van der Waals surface area contributed by atoms with E-state index in [9.17, 15) is 14.4 Å². The molecule has 1 fully saturated rings. The Morgan fingerprint density at radius 1 is 1.17 bits per heavy atom. The lowest BCUT2D eigenvalue weighted by molar-refractivity contribution is -0.140. The number of benzene rings is 1. The molecule has 1 aromatic carbocycles. The molecule has 1 aliphatic carbocycles. The van der Waals surface area contributed by atoms with Gasteiger partial charge in [-0.3, -0.25) is 19.3 Å². The normalized spacial score (nSPS) is 22.6. The van der Waals surface area contributed by atoms with E-state index in [1.807, 2.05) is 43.3 Å². The minimum Gasteiger partial charge on any atom is -0.326 e. The number of anilines is 1. The minimum absolute atomic E-state index is 0.0755. The van der Waals surface area contributed by atoms with Crippen molar-refractivity contribution in [2.75, 3.05) is 11.9 Å². The molecule has 5 heteroatoms. The van der Waals surface area contributed by atoms with Gasteiger partial charge in [0.2, 0.25) is 17.7 Å². The summed E-state index contributed by atoms with van der Waals surface area (Å²) in [5.74, 6) is -0.632. The Labute approximate surface area is 141 Å². The molecule has 3 amide bonds. The van der Waals surface area contributed by atoms with Crippen molar-refractivity contribution < 1.29 is 14.4 Å². The molecule has 1 N–H and O–H groups in total. The van der Waals surface area contributed by atoms with Crippen LogP contribution in [0.1, 0.15) is 31.2 Å². The maximum atomic E-state index is 12.3. The van der Waals surface area contributed by atoms with Gasteiger partial charge in [0.15, 0.2) is 0 Å². The molecule has 126 valence electrons. The van der Waals surface area contributed by atoms with Gasteiger partial charge in [0.05, 0.1) is 11.8 Å². The van der Waals surface area contributed by atoms with Crippen molar-refractivity contribution in [3.05, 3.63) is 42.0 Å². The zero-order valence-electron chi connectivity index (χ0n) is 13.8. The summed E-state index contributed by atoms with van der Waals surface area (Å²) in [5, 5.41) is 2.84. The van der Waals surface area contributed by atoms with Gasteiger partial charge >= 0.3 is 0 Å². The fourth-order valence-electron chi connectivity index (χ4n) is 3.43. The van der Waals surface area contributed by atoms with E-state index in [4.69, 9.17) is 0 Å². The van der Waals surface area contributed by atoms with Crippen molar-refractivity contribution in [2.45, 2.75) is 32.6 Å². The summed E-state index contributed by atoms with van der Waals surface area (Å²) in [4.78, 5) is 38.0. The summed E-state index contributed by atoms with van der Waals surface area (Å²) in [7, 11) is 0. The lowest BCUT2D eigenvalue weighted by atomic mass is 9.85. The van der Waals surface area contributed by atoms with E-state index in [2.05, 4.69) is 5.32 Å². The molecule has 5 nitrogen and oxygen atoms in total. The van der Waals surface area contributed by atoms with E-state index in [1.54, 1.807) is 0 Å². The molecule has 0 bridgehead atoms. The molecule has 1 aliphatic heterocycles. The monoisotopic (exact) mass is 326 g/mol. The molecular formula is C19H22N2O3. The largest absolute Gasteiger partial charge is 0.326 e. The number of imide groups is 1. The molecule has 1 saturated heterocycles. The van der Waals surface area contributed by atoms with Gasteiger partial charge in [0.25, 0.3) is 0 Å². The Morgan fingerprint density at radius 2 is 1.83 bits per heavy atom. The van der Waals surface area contributed by atoms with Crippen LogP contribution in [-0.2, 0) is 14.4 Å². The van der Waals surface area contributed by atoms with E-state index in [0.717, 1.165) is 11.3 Å². The zero-order valence-corrected chi connectivity index (χ0v) is 13.8. The number of carbonyl (C=O) groups is 3. The standard InChI is InChI=1S/C19H22N2O3/c1-13-6-4-7-14(12-13)20-17(22)10-5-11-21-18(23)15-8-2-3-9-16(15)19(21)24/h2-4,6-7,12,15-16H,5,8-11H2,1H3,(H,20,22)/t15-,16-/m1/s1. The number of fused-ring (bicyclic) bond motifs is 1. The highest BCUT2D eigenvalue weighted by atomic mass is 16.2. The smallest absolute Gasteiger partial charge is 0.233 e. The third-order valence-corrected chi connectivity index (χ3v) is 4.69. The Kier molecular flexibility index (Phi) is 4.79. The lowest BCUT2D eigenvalue weighted by Gasteiger charge is -2.14. The SMILES string of the molecule is Cc1cccc(NC(=O)CCCN2C(=O)[C@@H]3CC=CC[C@H]3C2=O)c1. The number of rotatable bonds is 5. The average molecular weight is 326 g/mol. The molecule has 2 aliphatic rings. The molecule has 1 heterocycles. The van der Waals surface area contributed by atoms with Crippen LogP contribution in [0.25, 0.3) is 0 Å². The summed E-state index contributed by atoms with van der Waals surface area (Å²) >= 11 is 0. The average Bonchev–Trinajstić information content (AvgIpc) is 2.80. The highest BCUT2D eigenvalue weighted by Gasteiger charge is 2.46. The Hall–Kier alpha value is -2.43. The summed E-state index contributed by atoms with van der Waals surface area (Å²) in [6.45, 7) is 2.29. The Morgan fingerprint density at radius 3 is 2.46 bits per heavy atom. The molecule has 2 atom stereocenters. The third kappa shape index (κ3) is 3.40. The molecule has 24 heavy (non-hydrogen) atoms. The first kappa shape index (κ1) is 16.4. The highest BCUT2D eigenvalue weighted by molar-refractivity contribution is 6.05. The van der Waals surface area contributed by atoms with Gasteiger partial charge in [-0.1, -0.05) is 24.3 Å². The first-order valence-electron chi connectivity index (χ1n) is 8.43. The number of carbonyl (C=O) groups excluding carboxylic acids is 3. The minimum atomic E-state index is -0.191. The predicted octanol–water partition coefficient (Wildman–Crippen LogP) is 2.66. The Balaban J connectivity index is 1.49. The highest BCUT2D eigenvalue weighted by Crippen LogP contribution is 2.35. The maximum absolute atomic E-state index is 12.3. The second-order valence-electron chi connectivity index (χ2n) is 6.51. The summed E-state index contributed by atoms with van der Waals surface area (Å²) < 4.78 is 0. The number of likely N-dealkylation sites (tertiary alicyclic amines) is 1. The molecule has 3 rings (SSSR count). The van der Waals surface area contributed by atoms with Crippen LogP contribution < -0.4 is 5.32 Å². The van der Waals surface area contributed by atoms with Gasteiger partial charge in [0.1, 0.15) is 0 Å². The summed E-state index contributed by atoms with van der Waals surface area (Å²) in [5.41, 5.74) is 1.85. The third-order valence-electron chi connectivity index (χ3n) is 4.69. The van der Waals surface area contributed by atoms with Crippen molar-refractivity contribution in [3.8, 4) is 0 Å². The second kappa shape index (κ2) is 6.99. The van der Waals surface area contributed by atoms with E-state index in [0.29, 0.717) is 32.2 Å². The number of aryl methyl sites for hydroxylation is 1. The van der Waals surface area contributed by atoms with E-state index in [-0.39, 0.29) is 29.6 Å². The van der Waals surface area contributed by atoms with Crippen LogP contribution in [0.2, 0.25) is 0 Å². The van der Waals surface area contributed by atoms with Gasteiger partial charge < -0.3 is 5.32 Å². The maximum Gasteiger partial charge on any atom is 0.233 e. The number of nitrogens with zero attached hydrogens (tertiary/aromatic N) is 1. The molecule has 0 radical (unpaired) electrons. The quantitative estimate of drug-likeness (QED) is 0.668. The zero-order chi connectivity index (χ0) is 17.1. The van der Waals surface area contributed by atoms with Crippen molar-refractivity contribution in [2.24, 2.45) is 11.8 Å². The number of hydrogen-bond donors (Lipinski definition) is 1. The number of allylic oxidation sites excluding steroid dienone is 2. The van der Waals surface area contributed by atoms with Crippen LogP contribution in [0.3, 0.4) is 0 Å². The summed E-state index contributed by atoms with van der Waals surface area (Å²) in [6.07, 6.45) is 6.04. The van der Waals surface area contributed by atoms with E-state index < -0.39 is 0 Å². The predicted molar refractivity (Wildman–Crippen MR) is 91.1 cm³/mol. The van der Waals surface area contributed by atoms with Gasteiger partial charge in [0, 0.05) is 18.7 Å². The van der Waals surface area contributed by atoms with E-state index in [1.165, 1.54) is 4.90 Å². The Bertz CT molecular complexity index is 670. The van der Waals surface area contributed by atoms with Crippen LogP contribution in [0, 0.1) is 18.8 Å². The van der Waals surface area contributed by atoms with Crippen molar-refractivity contribution in [1.82, 2.24) is 4.90 Å². The topological polar surface area (TPSA) is 66.5 Å². The molecule has 0 spiro atoms. The number of nitrogens with one attached hydrogen (secondary N) is 1. The molecule has 1 aromatic rings. The van der Waals surface area contributed by atoms with Crippen molar-refractivity contribution in [1.29, 1.82) is 0 Å². The first-order chi connectivity index (χ1) is 11.6. The van der Waals surface area contributed by atoms with Gasteiger partial charge in [-0.25, -0.2) is 0 Å². The summed E-state index contributed by atoms with van der Waals surface area (Å²) in [6, 6.07) is 7.61. The van der Waals surface area contributed by atoms with Gasteiger partial charge in [-0.05, 0) is 43.9 Å². The molecular weight excluding hydrogens is 304 g/mol. The van der Waals surface area contributed by atoms with Crippen LogP contribution in [0.5, 0.6) is 0 Å². The van der Waals surface area contributed by atoms with Gasteiger partial charge in [-0.15, -0.1) is 0 Å². The van der Waals surface area contributed by atoms with Crippen LogP contribution in [-0.4, -0.2) is 29.2 Å².